The van der Waals surface area contributed by atoms with E-state index in [1.165, 1.54) is 31.3 Å². The predicted octanol–water partition coefficient (Wildman–Crippen LogP) is 1.93. The fraction of sp³-hybridized carbons (Fsp3) is 0.235. The van der Waals surface area contributed by atoms with Crippen molar-refractivity contribution in [2.45, 2.75) is 22.6 Å². The summed E-state index contributed by atoms with van der Waals surface area (Å²) in [5.74, 6) is -0.928. The minimum absolute atomic E-state index is 0.0368. The van der Waals surface area contributed by atoms with Crippen molar-refractivity contribution in [3.63, 3.8) is 0 Å². The summed E-state index contributed by atoms with van der Waals surface area (Å²) in [4.78, 5) is 10.7. The lowest BCUT2D eigenvalue weighted by Gasteiger charge is -2.20. The van der Waals surface area contributed by atoms with E-state index in [0.29, 0.717) is 17.7 Å². The molecule has 26 heavy (non-hydrogen) atoms. The molecule has 2 aromatic carbocycles. The summed E-state index contributed by atoms with van der Waals surface area (Å²) in [6.07, 6.45) is 1.29. The second kappa shape index (κ2) is 7.46. The first-order valence-electron chi connectivity index (χ1n) is 7.61. The molecule has 9 heteroatoms. The molecular formula is C17H19NO6S2. The molecule has 0 radical (unpaired) electrons. The van der Waals surface area contributed by atoms with E-state index in [1.807, 2.05) is 0 Å². The molecule has 1 N–H and O–H groups in total. The Labute approximate surface area is 152 Å². The zero-order valence-corrected chi connectivity index (χ0v) is 15.9. The SMILES string of the molecule is CN(c1cccc(CCC(=O)O)c1)S(=O)(=O)c1ccc(S(C)(=O)=O)cc1. The van der Waals surface area contributed by atoms with E-state index in [2.05, 4.69) is 0 Å². The molecule has 140 valence electrons. The summed E-state index contributed by atoms with van der Waals surface area (Å²) in [5.41, 5.74) is 1.10. The molecule has 2 aromatic rings. The lowest BCUT2D eigenvalue weighted by atomic mass is 10.1. The monoisotopic (exact) mass is 397 g/mol. The third-order valence-electron chi connectivity index (χ3n) is 3.81. The zero-order valence-electron chi connectivity index (χ0n) is 14.3. The van der Waals surface area contributed by atoms with Gasteiger partial charge in [-0.05, 0) is 48.4 Å². The molecule has 0 heterocycles. The van der Waals surface area contributed by atoms with Gasteiger partial charge in [-0.15, -0.1) is 0 Å². The number of rotatable bonds is 7. The Balaban J connectivity index is 2.31. The molecule has 0 atom stereocenters. The minimum Gasteiger partial charge on any atom is -0.481 e. The number of hydrogen-bond donors (Lipinski definition) is 1. The van der Waals surface area contributed by atoms with Gasteiger partial charge in [0.05, 0.1) is 15.5 Å². The number of benzene rings is 2. The second-order valence-corrected chi connectivity index (χ2v) is 9.76. The Morgan fingerprint density at radius 2 is 1.58 bits per heavy atom. The van der Waals surface area contributed by atoms with Gasteiger partial charge in [0, 0.05) is 19.7 Å². The van der Waals surface area contributed by atoms with E-state index in [0.717, 1.165) is 10.6 Å². The lowest BCUT2D eigenvalue weighted by molar-refractivity contribution is -0.136. The van der Waals surface area contributed by atoms with Crippen LogP contribution in [0.2, 0.25) is 0 Å². The quantitative estimate of drug-likeness (QED) is 0.765. The number of aryl methyl sites for hydroxylation is 1. The van der Waals surface area contributed by atoms with Crippen LogP contribution >= 0.6 is 0 Å². The molecule has 0 aromatic heterocycles. The van der Waals surface area contributed by atoms with Crippen LogP contribution in [0.3, 0.4) is 0 Å². The van der Waals surface area contributed by atoms with E-state index in [4.69, 9.17) is 5.11 Å². The number of carboxylic acid groups (broad SMARTS) is 1. The van der Waals surface area contributed by atoms with Gasteiger partial charge in [-0.3, -0.25) is 9.10 Å². The Bertz CT molecular complexity index is 1010. The summed E-state index contributed by atoms with van der Waals surface area (Å²) in [5, 5.41) is 8.76. The van der Waals surface area contributed by atoms with Gasteiger partial charge in [0.1, 0.15) is 0 Å². The van der Waals surface area contributed by atoms with Gasteiger partial charge >= 0.3 is 5.97 Å². The number of sulfonamides is 1. The van der Waals surface area contributed by atoms with Crippen LogP contribution < -0.4 is 4.31 Å². The molecule has 7 nitrogen and oxygen atoms in total. The van der Waals surface area contributed by atoms with Crippen molar-refractivity contribution < 1.29 is 26.7 Å². The Hall–Kier alpha value is -2.39. The van der Waals surface area contributed by atoms with Crippen molar-refractivity contribution in [2.75, 3.05) is 17.6 Å². The van der Waals surface area contributed by atoms with Gasteiger partial charge in [-0.25, -0.2) is 16.8 Å². The number of anilines is 1. The number of sulfone groups is 1. The Morgan fingerprint density at radius 1 is 1.00 bits per heavy atom. The van der Waals surface area contributed by atoms with Crippen molar-refractivity contribution in [3.05, 3.63) is 54.1 Å². The Morgan fingerprint density at radius 3 is 2.12 bits per heavy atom. The van der Waals surface area contributed by atoms with Crippen LogP contribution in [0.15, 0.2) is 58.3 Å². The number of hydrogen-bond acceptors (Lipinski definition) is 5. The topological polar surface area (TPSA) is 109 Å². The van der Waals surface area contributed by atoms with Crippen LogP contribution in [0.1, 0.15) is 12.0 Å². The van der Waals surface area contributed by atoms with Crippen LogP contribution in [-0.4, -0.2) is 41.2 Å². The first kappa shape index (κ1) is 19.9. The van der Waals surface area contributed by atoms with Gasteiger partial charge in [0.25, 0.3) is 10.0 Å². The average molecular weight is 397 g/mol. The molecule has 0 saturated heterocycles. The van der Waals surface area contributed by atoms with Crippen LogP contribution in [0.25, 0.3) is 0 Å². The summed E-state index contributed by atoms with van der Waals surface area (Å²) in [6, 6.07) is 11.6. The van der Waals surface area contributed by atoms with E-state index in [-0.39, 0.29) is 16.2 Å². The van der Waals surface area contributed by atoms with Gasteiger partial charge in [-0.1, -0.05) is 12.1 Å². The molecule has 2 rings (SSSR count). The van der Waals surface area contributed by atoms with Crippen LogP contribution in [-0.2, 0) is 31.1 Å². The van der Waals surface area contributed by atoms with E-state index < -0.39 is 25.8 Å². The second-order valence-electron chi connectivity index (χ2n) is 5.78. The fourth-order valence-electron chi connectivity index (χ4n) is 2.31. The molecule has 0 aliphatic rings. The smallest absolute Gasteiger partial charge is 0.303 e. The van der Waals surface area contributed by atoms with E-state index in [9.17, 15) is 21.6 Å². The van der Waals surface area contributed by atoms with Crippen molar-refractivity contribution in [1.29, 1.82) is 0 Å². The molecule has 0 fully saturated rings. The third-order valence-corrected chi connectivity index (χ3v) is 6.74. The molecule has 0 bridgehead atoms. The third kappa shape index (κ3) is 4.61. The molecule has 0 aliphatic heterocycles. The van der Waals surface area contributed by atoms with Gasteiger partial charge in [0.2, 0.25) is 0 Å². The molecular weight excluding hydrogens is 378 g/mol. The first-order chi connectivity index (χ1) is 12.0. The number of carboxylic acids is 1. The largest absolute Gasteiger partial charge is 0.481 e. The summed E-state index contributed by atoms with van der Waals surface area (Å²) >= 11 is 0. The molecule has 0 saturated carbocycles. The molecule has 0 unspecified atom stereocenters. The lowest BCUT2D eigenvalue weighted by Crippen LogP contribution is -2.26. The van der Waals surface area contributed by atoms with Crippen LogP contribution in [0.4, 0.5) is 5.69 Å². The first-order valence-corrected chi connectivity index (χ1v) is 10.9. The Kier molecular flexibility index (Phi) is 5.72. The van der Waals surface area contributed by atoms with Gasteiger partial charge < -0.3 is 5.11 Å². The summed E-state index contributed by atoms with van der Waals surface area (Å²) in [7, 11) is -5.91. The summed E-state index contributed by atoms with van der Waals surface area (Å²) in [6.45, 7) is 0. The number of aliphatic carboxylic acids is 1. The maximum absolute atomic E-state index is 12.8. The predicted molar refractivity (Wildman–Crippen MR) is 97.5 cm³/mol. The fourth-order valence-corrected chi connectivity index (χ4v) is 4.13. The standard InChI is InChI=1S/C17H19NO6S2/c1-18(14-5-3-4-13(12-14)6-11-17(19)20)26(23,24)16-9-7-15(8-10-16)25(2,21)22/h3-5,7-10,12H,6,11H2,1-2H3,(H,19,20). The highest BCUT2D eigenvalue weighted by atomic mass is 32.2. The van der Waals surface area contributed by atoms with Gasteiger partial charge in [0.15, 0.2) is 9.84 Å². The molecule has 0 spiro atoms. The highest BCUT2D eigenvalue weighted by molar-refractivity contribution is 7.92. The number of carbonyl (C=O) groups is 1. The maximum Gasteiger partial charge on any atom is 0.303 e. The highest BCUT2D eigenvalue weighted by Gasteiger charge is 2.22. The van der Waals surface area contributed by atoms with E-state index >= 15 is 0 Å². The number of nitrogens with zero attached hydrogens (tertiary/aromatic N) is 1. The summed E-state index contributed by atoms with van der Waals surface area (Å²) < 4.78 is 49.6. The van der Waals surface area contributed by atoms with E-state index in [1.54, 1.807) is 24.3 Å². The normalized spacial score (nSPS) is 11.9. The average Bonchev–Trinajstić information content (AvgIpc) is 2.59. The maximum atomic E-state index is 12.8. The molecule has 0 amide bonds. The van der Waals surface area contributed by atoms with Crippen LogP contribution in [0.5, 0.6) is 0 Å². The van der Waals surface area contributed by atoms with Crippen molar-refractivity contribution >= 4 is 31.5 Å². The molecule has 0 aliphatic carbocycles. The van der Waals surface area contributed by atoms with Crippen molar-refractivity contribution in [3.8, 4) is 0 Å². The van der Waals surface area contributed by atoms with Crippen LogP contribution in [0, 0.1) is 0 Å². The van der Waals surface area contributed by atoms with Gasteiger partial charge in [-0.2, -0.15) is 0 Å². The zero-order chi connectivity index (χ0) is 19.5. The van der Waals surface area contributed by atoms with Crippen molar-refractivity contribution in [1.82, 2.24) is 0 Å². The van der Waals surface area contributed by atoms with Crippen molar-refractivity contribution in [2.24, 2.45) is 0 Å². The minimum atomic E-state index is -3.88. The highest BCUT2D eigenvalue weighted by Crippen LogP contribution is 2.24.